The highest BCUT2D eigenvalue weighted by Gasteiger charge is 2.41. The number of nitrogens with one attached hydrogen (secondary N) is 1. The summed E-state index contributed by atoms with van der Waals surface area (Å²) >= 11 is 0. The third-order valence-corrected chi connectivity index (χ3v) is 6.73. The first kappa shape index (κ1) is 23.6. The molecule has 3 amide bonds. The van der Waals surface area contributed by atoms with E-state index in [1.807, 2.05) is 61.5 Å². The van der Waals surface area contributed by atoms with E-state index in [9.17, 15) is 14.4 Å². The van der Waals surface area contributed by atoms with E-state index in [2.05, 4.69) is 5.32 Å². The topological polar surface area (TPSA) is 79.0 Å². The second-order valence-corrected chi connectivity index (χ2v) is 9.02. The third-order valence-electron chi connectivity index (χ3n) is 6.73. The summed E-state index contributed by atoms with van der Waals surface area (Å²) in [6.07, 6.45) is 1.49. The molecule has 36 heavy (non-hydrogen) atoms. The van der Waals surface area contributed by atoms with Crippen molar-refractivity contribution in [1.29, 1.82) is 0 Å². The van der Waals surface area contributed by atoms with Crippen LogP contribution in [0.5, 0.6) is 5.75 Å². The standard InChI is InChI=1S/C29H29N3O4/c1-2-36-26-15-6-3-10-22(26)18-30-27(33)21-11-7-9-20(17-21)19-32-24-13-5-4-12-23(24)28(34)31-16-8-14-25(31)29(32)35/h3-7,9-13,15,17,25H,2,8,14,16,18-19H2,1H3,(H,30,33)/t25-/m0/s1. The number of anilines is 1. The molecular weight excluding hydrogens is 454 g/mol. The number of benzene rings is 3. The van der Waals surface area contributed by atoms with Gasteiger partial charge in [0.25, 0.3) is 11.8 Å². The van der Waals surface area contributed by atoms with Crippen LogP contribution in [0.1, 0.15) is 51.6 Å². The molecule has 0 saturated carbocycles. The summed E-state index contributed by atoms with van der Waals surface area (Å²) in [5, 5.41) is 2.96. The van der Waals surface area contributed by atoms with Gasteiger partial charge in [-0.05, 0) is 55.7 Å². The number of amides is 3. The molecular formula is C29H29N3O4. The second kappa shape index (κ2) is 10.2. The highest BCUT2D eigenvalue weighted by molar-refractivity contribution is 6.11. The van der Waals surface area contributed by atoms with Gasteiger partial charge < -0.3 is 19.9 Å². The Labute approximate surface area is 210 Å². The molecule has 1 fully saturated rings. The minimum Gasteiger partial charge on any atom is -0.494 e. The normalized spacial score (nSPS) is 16.9. The Morgan fingerprint density at radius 2 is 1.83 bits per heavy atom. The van der Waals surface area contributed by atoms with E-state index in [1.165, 1.54) is 0 Å². The van der Waals surface area contributed by atoms with Crippen molar-refractivity contribution in [1.82, 2.24) is 10.2 Å². The Kier molecular flexibility index (Phi) is 6.71. The van der Waals surface area contributed by atoms with Gasteiger partial charge in [-0.1, -0.05) is 42.5 Å². The zero-order valence-corrected chi connectivity index (χ0v) is 20.3. The van der Waals surface area contributed by atoms with Gasteiger partial charge in [0.2, 0.25) is 5.91 Å². The number of ether oxygens (including phenoxy) is 1. The zero-order chi connectivity index (χ0) is 25.1. The fourth-order valence-electron chi connectivity index (χ4n) is 4.99. The molecule has 3 aromatic carbocycles. The van der Waals surface area contributed by atoms with E-state index in [-0.39, 0.29) is 24.3 Å². The zero-order valence-electron chi connectivity index (χ0n) is 20.3. The minimum atomic E-state index is -0.443. The van der Waals surface area contributed by atoms with Crippen LogP contribution in [-0.2, 0) is 17.9 Å². The van der Waals surface area contributed by atoms with E-state index in [0.717, 1.165) is 23.3 Å². The summed E-state index contributed by atoms with van der Waals surface area (Å²) < 4.78 is 5.65. The van der Waals surface area contributed by atoms with Crippen molar-refractivity contribution >= 4 is 23.4 Å². The van der Waals surface area contributed by atoms with Crippen LogP contribution in [0.15, 0.2) is 72.8 Å². The molecule has 1 N–H and O–H groups in total. The molecule has 1 saturated heterocycles. The van der Waals surface area contributed by atoms with Crippen LogP contribution in [0, 0.1) is 0 Å². The summed E-state index contributed by atoms with van der Waals surface area (Å²) in [5.41, 5.74) is 3.39. The number of para-hydroxylation sites is 2. The summed E-state index contributed by atoms with van der Waals surface area (Å²) in [5.74, 6) is 0.378. The molecule has 0 aliphatic carbocycles. The number of rotatable bonds is 7. The summed E-state index contributed by atoms with van der Waals surface area (Å²) in [4.78, 5) is 43.0. The highest BCUT2D eigenvalue weighted by Crippen LogP contribution is 2.33. The van der Waals surface area contributed by atoms with Gasteiger partial charge in [-0.3, -0.25) is 14.4 Å². The summed E-state index contributed by atoms with van der Waals surface area (Å²) in [6, 6.07) is 21.7. The molecule has 7 heteroatoms. The Balaban J connectivity index is 1.36. The van der Waals surface area contributed by atoms with E-state index in [0.29, 0.717) is 42.9 Å². The lowest BCUT2D eigenvalue weighted by molar-refractivity contribution is -0.122. The van der Waals surface area contributed by atoms with Gasteiger partial charge in [-0.25, -0.2) is 0 Å². The van der Waals surface area contributed by atoms with Crippen LogP contribution in [0.4, 0.5) is 5.69 Å². The van der Waals surface area contributed by atoms with E-state index >= 15 is 0 Å². The Hall–Kier alpha value is -4.13. The maximum absolute atomic E-state index is 13.5. The predicted molar refractivity (Wildman–Crippen MR) is 137 cm³/mol. The quantitative estimate of drug-likeness (QED) is 0.547. The largest absolute Gasteiger partial charge is 0.494 e. The maximum Gasteiger partial charge on any atom is 0.256 e. The van der Waals surface area contributed by atoms with Gasteiger partial charge in [-0.2, -0.15) is 0 Å². The molecule has 0 radical (unpaired) electrons. The van der Waals surface area contributed by atoms with Crippen LogP contribution in [0.3, 0.4) is 0 Å². The molecule has 2 aliphatic rings. The molecule has 0 aromatic heterocycles. The van der Waals surface area contributed by atoms with Crippen LogP contribution in [0.2, 0.25) is 0 Å². The molecule has 2 aliphatic heterocycles. The molecule has 184 valence electrons. The van der Waals surface area contributed by atoms with Crippen LogP contribution >= 0.6 is 0 Å². The summed E-state index contributed by atoms with van der Waals surface area (Å²) in [7, 11) is 0. The number of hydrogen-bond donors (Lipinski definition) is 1. The van der Waals surface area contributed by atoms with E-state index < -0.39 is 6.04 Å². The van der Waals surface area contributed by atoms with Crippen molar-refractivity contribution < 1.29 is 19.1 Å². The van der Waals surface area contributed by atoms with Crippen molar-refractivity contribution in [2.45, 2.75) is 38.9 Å². The van der Waals surface area contributed by atoms with Gasteiger partial charge in [0.15, 0.2) is 0 Å². The van der Waals surface area contributed by atoms with Crippen LogP contribution in [0.25, 0.3) is 0 Å². The first-order valence-electron chi connectivity index (χ1n) is 12.4. The van der Waals surface area contributed by atoms with Crippen molar-refractivity contribution in [2.24, 2.45) is 0 Å². The second-order valence-electron chi connectivity index (χ2n) is 9.02. The number of hydrogen-bond acceptors (Lipinski definition) is 4. The average Bonchev–Trinajstić information content (AvgIpc) is 3.38. The third kappa shape index (κ3) is 4.56. The highest BCUT2D eigenvalue weighted by atomic mass is 16.5. The van der Waals surface area contributed by atoms with Gasteiger partial charge in [0.05, 0.1) is 24.4 Å². The van der Waals surface area contributed by atoms with Gasteiger partial charge in [-0.15, -0.1) is 0 Å². The first-order chi connectivity index (χ1) is 17.6. The fourth-order valence-corrected chi connectivity index (χ4v) is 4.99. The average molecular weight is 484 g/mol. The van der Waals surface area contributed by atoms with Gasteiger partial charge in [0.1, 0.15) is 11.8 Å². The number of carbonyl (C=O) groups excluding carboxylic acids is 3. The smallest absolute Gasteiger partial charge is 0.256 e. The molecule has 7 nitrogen and oxygen atoms in total. The monoisotopic (exact) mass is 483 g/mol. The van der Waals surface area contributed by atoms with Crippen molar-refractivity contribution in [2.75, 3.05) is 18.1 Å². The number of nitrogens with zero attached hydrogens (tertiary/aromatic N) is 2. The van der Waals surface area contributed by atoms with Gasteiger partial charge in [0, 0.05) is 24.2 Å². The molecule has 2 heterocycles. The molecule has 3 aromatic rings. The van der Waals surface area contributed by atoms with Gasteiger partial charge >= 0.3 is 0 Å². The minimum absolute atomic E-state index is 0.0758. The van der Waals surface area contributed by atoms with Crippen LogP contribution in [-0.4, -0.2) is 41.8 Å². The van der Waals surface area contributed by atoms with E-state index in [1.54, 1.807) is 28.0 Å². The van der Waals surface area contributed by atoms with E-state index in [4.69, 9.17) is 4.74 Å². The predicted octanol–water partition coefficient (Wildman–Crippen LogP) is 4.17. The molecule has 1 atom stereocenters. The molecule has 5 rings (SSSR count). The van der Waals surface area contributed by atoms with Crippen molar-refractivity contribution in [3.05, 3.63) is 95.1 Å². The van der Waals surface area contributed by atoms with Crippen molar-refractivity contribution in [3.8, 4) is 5.75 Å². The molecule has 0 spiro atoms. The Bertz CT molecular complexity index is 1300. The maximum atomic E-state index is 13.5. The first-order valence-corrected chi connectivity index (χ1v) is 12.4. The number of fused-ring (bicyclic) bond motifs is 2. The Morgan fingerprint density at radius 1 is 1.03 bits per heavy atom. The molecule has 0 unspecified atom stereocenters. The lowest BCUT2D eigenvalue weighted by Crippen LogP contribution is -2.44. The lowest BCUT2D eigenvalue weighted by atomic mass is 10.1. The fraction of sp³-hybridized carbons (Fsp3) is 0.276. The van der Waals surface area contributed by atoms with Crippen molar-refractivity contribution in [3.63, 3.8) is 0 Å². The SMILES string of the molecule is CCOc1ccccc1CNC(=O)c1cccc(CN2C(=O)[C@@H]3CCCN3C(=O)c3ccccc32)c1. The number of carbonyl (C=O) groups is 3. The Morgan fingerprint density at radius 3 is 2.69 bits per heavy atom. The van der Waals surface area contributed by atoms with Crippen LogP contribution < -0.4 is 15.0 Å². The summed E-state index contributed by atoms with van der Waals surface area (Å²) in [6.45, 7) is 3.70. The lowest BCUT2D eigenvalue weighted by Gasteiger charge is -2.26. The molecule has 0 bridgehead atoms.